The molecule has 0 saturated carbocycles. The van der Waals surface area contributed by atoms with Crippen molar-refractivity contribution in [3.8, 4) is 11.8 Å². The molecule has 1 amide bonds. The van der Waals surface area contributed by atoms with Crippen LogP contribution in [0, 0.1) is 18.3 Å². The predicted octanol–water partition coefficient (Wildman–Crippen LogP) is 6.02. The largest absolute Gasteiger partial charge is 0.507 e. The quantitative estimate of drug-likeness (QED) is 0.265. The Labute approximate surface area is 211 Å². The molecule has 182 valence electrons. The summed E-state index contributed by atoms with van der Waals surface area (Å²) in [4.78, 5) is 28.1. The van der Waals surface area contributed by atoms with Gasteiger partial charge in [-0.3, -0.25) is 14.5 Å². The molecule has 4 rings (SSSR count). The molecular weight excluding hydrogens is 452 g/mol. The second-order valence-corrected chi connectivity index (χ2v) is 9.08. The first-order valence-corrected chi connectivity index (χ1v) is 11.9. The van der Waals surface area contributed by atoms with Crippen molar-refractivity contribution in [2.45, 2.75) is 39.7 Å². The number of anilines is 1. The number of Topliss-reactive ketones (excluding diaryl/α,β-unsaturated/α-hetero) is 1. The third-order valence-electron chi connectivity index (χ3n) is 6.28. The van der Waals surface area contributed by atoms with Gasteiger partial charge in [0, 0.05) is 11.3 Å². The Bertz CT molecular complexity index is 1400. The van der Waals surface area contributed by atoms with Crippen molar-refractivity contribution >= 4 is 23.1 Å². The summed E-state index contributed by atoms with van der Waals surface area (Å²) in [6.07, 6.45) is 0. The highest BCUT2D eigenvalue weighted by Crippen LogP contribution is 2.43. The van der Waals surface area contributed by atoms with Crippen LogP contribution in [0.2, 0.25) is 0 Å². The molecule has 1 aliphatic rings. The lowest BCUT2D eigenvalue weighted by atomic mass is 9.92. The number of aryl methyl sites for hydroxylation is 1. The standard InChI is InChI=1S/C30H28N2O4/c1-5-36-25-14-11-22(16-24(25)18(2)3)28(33)26-27(21-8-6-7-19(4)15-21)32(30(35)29(26)34)23-12-9-20(17-31)10-13-23/h6-16,18,27,33H,5H2,1-4H3/b28-26-. The van der Waals surface area contributed by atoms with E-state index >= 15 is 0 Å². The fraction of sp³-hybridized carbons (Fsp3) is 0.233. The highest BCUT2D eigenvalue weighted by molar-refractivity contribution is 6.51. The van der Waals surface area contributed by atoms with Crippen LogP contribution in [0.5, 0.6) is 5.75 Å². The molecule has 3 aromatic carbocycles. The van der Waals surface area contributed by atoms with E-state index in [2.05, 4.69) is 6.07 Å². The molecule has 1 unspecified atom stereocenters. The first kappa shape index (κ1) is 24.7. The van der Waals surface area contributed by atoms with E-state index in [0.29, 0.717) is 29.0 Å². The van der Waals surface area contributed by atoms with Crippen molar-refractivity contribution in [2.24, 2.45) is 0 Å². The minimum absolute atomic E-state index is 0.0221. The summed E-state index contributed by atoms with van der Waals surface area (Å²) in [5, 5.41) is 20.6. The third kappa shape index (κ3) is 4.48. The SMILES string of the molecule is CCOc1ccc(/C(O)=C2/C(=O)C(=O)N(c3ccc(C#N)cc3)C2c2cccc(C)c2)cc1C(C)C. The summed E-state index contributed by atoms with van der Waals surface area (Å²) in [6.45, 7) is 8.40. The number of benzene rings is 3. The highest BCUT2D eigenvalue weighted by atomic mass is 16.5. The van der Waals surface area contributed by atoms with Gasteiger partial charge in [-0.1, -0.05) is 43.7 Å². The van der Waals surface area contributed by atoms with Crippen molar-refractivity contribution < 1.29 is 19.4 Å². The van der Waals surface area contributed by atoms with Gasteiger partial charge in [0.05, 0.1) is 29.9 Å². The summed E-state index contributed by atoms with van der Waals surface area (Å²) in [7, 11) is 0. The molecule has 0 bridgehead atoms. The molecule has 1 saturated heterocycles. The first-order valence-electron chi connectivity index (χ1n) is 11.9. The first-order chi connectivity index (χ1) is 17.3. The molecule has 6 nitrogen and oxygen atoms in total. The van der Waals surface area contributed by atoms with Crippen molar-refractivity contribution in [2.75, 3.05) is 11.5 Å². The summed E-state index contributed by atoms with van der Waals surface area (Å²) in [6, 6.07) is 20.5. The van der Waals surface area contributed by atoms with E-state index < -0.39 is 17.7 Å². The van der Waals surface area contributed by atoms with Gasteiger partial charge in [-0.2, -0.15) is 5.26 Å². The molecule has 0 radical (unpaired) electrons. The lowest BCUT2D eigenvalue weighted by molar-refractivity contribution is -0.132. The van der Waals surface area contributed by atoms with Crippen LogP contribution in [-0.2, 0) is 9.59 Å². The maximum absolute atomic E-state index is 13.4. The Balaban J connectivity index is 1.93. The monoisotopic (exact) mass is 480 g/mol. The topological polar surface area (TPSA) is 90.6 Å². The van der Waals surface area contributed by atoms with Gasteiger partial charge in [-0.25, -0.2) is 0 Å². The number of nitrogens with zero attached hydrogens (tertiary/aromatic N) is 2. The molecule has 0 aliphatic carbocycles. The van der Waals surface area contributed by atoms with E-state index in [-0.39, 0.29) is 17.3 Å². The number of aliphatic hydroxyl groups is 1. The Kier molecular flexibility index (Phi) is 6.93. The lowest BCUT2D eigenvalue weighted by Crippen LogP contribution is -2.29. The number of ether oxygens (including phenoxy) is 1. The second kappa shape index (κ2) is 10.1. The average molecular weight is 481 g/mol. The summed E-state index contributed by atoms with van der Waals surface area (Å²) in [5.74, 6) is -0.891. The smallest absolute Gasteiger partial charge is 0.300 e. The summed E-state index contributed by atoms with van der Waals surface area (Å²) >= 11 is 0. The number of aliphatic hydroxyl groups excluding tert-OH is 1. The van der Waals surface area contributed by atoms with E-state index in [1.165, 1.54) is 4.90 Å². The number of hydrogen-bond donors (Lipinski definition) is 1. The molecular formula is C30H28N2O4. The Morgan fingerprint density at radius 2 is 1.81 bits per heavy atom. The molecule has 1 aliphatic heterocycles. The van der Waals surface area contributed by atoms with Crippen LogP contribution >= 0.6 is 0 Å². The molecule has 0 aromatic heterocycles. The number of nitriles is 1. The second-order valence-electron chi connectivity index (χ2n) is 9.08. The van der Waals surface area contributed by atoms with Crippen molar-refractivity contribution in [1.82, 2.24) is 0 Å². The van der Waals surface area contributed by atoms with Crippen molar-refractivity contribution in [1.29, 1.82) is 5.26 Å². The zero-order valence-corrected chi connectivity index (χ0v) is 20.8. The van der Waals surface area contributed by atoms with Crippen LogP contribution in [0.1, 0.15) is 60.5 Å². The van der Waals surface area contributed by atoms with Gasteiger partial charge >= 0.3 is 0 Å². The Morgan fingerprint density at radius 3 is 2.42 bits per heavy atom. The van der Waals surface area contributed by atoms with Crippen molar-refractivity contribution in [3.05, 3.63) is 100 Å². The van der Waals surface area contributed by atoms with E-state index in [4.69, 9.17) is 10.00 Å². The number of carbonyl (C=O) groups excluding carboxylic acids is 2. The van der Waals surface area contributed by atoms with Crippen LogP contribution in [0.4, 0.5) is 5.69 Å². The number of amides is 1. The average Bonchev–Trinajstić information content (AvgIpc) is 3.14. The normalized spacial score (nSPS) is 16.9. The van der Waals surface area contributed by atoms with Crippen molar-refractivity contribution in [3.63, 3.8) is 0 Å². The van der Waals surface area contributed by atoms with Crippen LogP contribution in [-0.4, -0.2) is 23.4 Å². The van der Waals surface area contributed by atoms with Gasteiger partial charge in [0.2, 0.25) is 0 Å². The molecule has 6 heteroatoms. The molecule has 1 fully saturated rings. The van der Waals surface area contributed by atoms with Crippen LogP contribution in [0.3, 0.4) is 0 Å². The zero-order valence-electron chi connectivity index (χ0n) is 20.8. The van der Waals surface area contributed by atoms with Gasteiger partial charge < -0.3 is 9.84 Å². The minimum atomic E-state index is -0.827. The summed E-state index contributed by atoms with van der Waals surface area (Å²) in [5.41, 5.74) is 3.94. The molecule has 1 N–H and O–H groups in total. The van der Waals surface area contributed by atoms with Gasteiger partial charge in [0.1, 0.15) is 11.5 Å². The number of rotatable bonds is 6. The highest BCUT2D eigenvalue weighted by Gasteiger charge is 2.47. The maximum atomic E-state index is 13.4. The van der Waals surface area contributed by atoms with Crippen LogP contribution in [0.25, 0.3) is 5.76 Å². The Hall–Kier alpha value is -4.37. The van der Waals surface area contributed by atoms with E-state index in [9.17, 15) is 14.7 Å². The van der Waals surface area contributed by atoms with Gasteiger partial charge in [0.15, 0.2) is 0 Å². The van der Waals surface area contributed by atoms with E-state index in [0.717, 1.165) is 16.9 Å². The van der Waals surface area contributed by atoms with Crippen LogP contribution < -0.4 is 9.64 Å². The number of ketones is 1. The maximum Gasteiger partial charge on any atom is 0.300 e. The number of carbonyl (C=O) groups is 2. The molecule has 3 aromatic rings. The zero-order chi connectivity index (χ0) is 26.0. The fourth-order valence-electron chi connectivity index (χ4n) is 4.54. The number of hydrogen-bond acceptors (Lipinski definition) is 5. The van der Waals surface area contributed by atoms with E-state index in [1.807, 2.05) is 58.0 Å². The predicted molar refractivity (Wildman–Crippen MR) is 139 cm³/mol. The fourth-order valence-corrected chi connectivity index (χ4v) is 4.54. The molecule has 1 atom stereocenters. The van der Waals surface area contributed by atoms with E-state index in [1.54, 1.807) is 36.4 Å². The van der Waals surface area contributed by atoms with Gasteiger partial charge in [-0.05, 0) is 73.4 Å². The van der Waals surface area contributed by atoms with Gasteiger partial charge in [-0.15, -0.1) is 0 Å². The molecule has 1 heterocycles. The lowest BCUT2D eigenvalue weighted by Gasteiger charge is -2.26. The van der Waals surface area contributed by atoms with Gasteiger partial charge in [0.25, 0.3) is 11.7 Å². The molecule has 0 spiro atoms. The Morgan fingerprint density at radius 1 is 1.08 bits per heavy atom. The van der Waals surface area contributed by atoms with Crippen LogP contribution in [0.15, 0.2) is 72.3 Å². The molecule has 36 heavy (non-hydrogen) atoms. The minimum Gasteiger partial charge on any atom is -0.507 e. The summed E-state index contributed by atoms with van der Waals surface area (Å²) < 4.78 is 5.74. The third-order valence-corrected chi connectivity index (χ3v) is 6.28.